The molecule has 34 heavy (non-hydrogen) atoms. The van der Waals surface area contributed by atoms with E-state index in [9.17, 15) is 19.2 Å². The van der Waals surface area contributed by atoms with Gasteiger partial charge in [0.25, 0.3) is 5.56 Å². The van der Waals surface area contributed by atoms with E-state index in [1.807, 2.05) is 30.3 Å². The number of aromatic nitrogens is 4. The normalized spacial score (nSPS) is 13.4. The number of nitrogens with one attached hydrogen (secondary N) is 2. The molecule has 178 valence electrons. The minimum Gasteiger partial charge on any atom is -0.354 e. The molecule has 3 aromatic rings. The maximum Gasteiger partial charge on any atom is 0.281 e. The van der Waals surface area contributed by atoms with E-state index in [1.54, 1.807) is 4.57 Å². The molecule has 3 heterocycles. The molecule has 1 saturated heterocycles. The minimum absolute atomic E-state index is 0.0000744. The van der Waals surface area contributed by atoms with Crippen molar-refractivity contribution >= 4 is 28.9 Å². The standard InChI is InChI=1S/C23H27N7O4/c31-18(24-9-10-25-19(32)14-28-11-4-7-20(28)33)8-12-29-15-26-21-22(29)27-16-30(23(21)34)13-17-5-2-1-3-6-17/h1-3,5-6,15-16H,4,7-14H2,(H,24,31)(H,25,32). The first-order chi connectivity index (χ1) is 16.5. The van der Waals surface area contributed by atoms with E-state index < -0.39 is 0 Å². The van der Waals surface area contributed by atoms with Crippen LogP contribution in [0, 0.1) is 0 Å². The maximum absolute atomic E-state index is 12.8. The minimum atomic E-state index is -0.238. The topological polar surface area (TPSA) is 131 Å². The zero-order valence-electron chi connectivity index (χ0n) is 18.8. The van der Waals surface area contributed by atoms with Gasteiger partial charge in [0.2, 0.25) is 17.7 Å². The van der Waals surface area contributed by atoms with Crippen molar-refractivity contribution in [2.24, 2.45) is 0 Å². The van der Waals surface area contributed by atoms with Crippen LogP contribution in [0.4, 0.5) is 0 Å². The van der Waals surface area contributed by atoms with E-state index >= 15 is 0 Å². The molecule has 11 nitrogen and oxygen atoms in total. The molecule has 0 atom stereocenters. The smallest absolute Gasteiger partial charge is 0.281 e. The maximum atomic E-state index is 12.8. The zero-order chi connectivity index (χ0) is 23.9. The number of fused-ring (bicyclic) bond motifs is 1. The Balaban J connectivity index is 1.23. The number of hydrogen-bond acceptors (Lipinski definition) is 6. The predicted molar refractivity (Wildman–Crippen MR) is 124 cm³/mol. The molecule has 3 amide bonds. The van der Waals surface area contributed by atoms with Crippen LogP contribution in [-0.4, -0.2) is 67.9 Å². The van der Waals surface area contributed by atoms with E-state index in [-0.39, 0.29) is 54.9 Å². The van der Waals surface area contributed by atoms with Gasteiger partial charge in [0, 0.05) is 39.0 Å². The molecule has 0 aliphatic carbocycles. The highest BCUT2D eigenvalue weighted by Crippen LogP contribution is 2.09. The fourth-order valence-electron chi connectivity index (χ4n) is 3.85. The molecule has 0 unspecified atom stereocenters. The van der Waals surface area contributed by atoms with Crippen molar-refractivity contribution in [2.75, 3.05) is 26.2 Å². The first kappa shape index (κ1) is 23.1. The molecule has 0 radical (unpaired) electrons. The molecule has 1 aromatic carbocycles. The highest BCUT2D eigenvalue weighted by molar-refractivity contribution is 5.85. The lowest BCUT2D eigenvalue weighted by molar-refractivity contribution is -0.133. The molecular weight excluding hydrogens is 438 g/mol. The highest BCUT2D eigenvalue weighted by Gasteiger charge is 2.22. The summed E-state index contributed by atoms with van der Waals surface area (Å²) in [5.41, 5.74) is 1.45. The number of amides is 3. The lowest BCUT2D eigenvalue weighted by Gasteiger charge is -2.15. The summed E-state index contributed by atoms with van der Waals surface area (Å²) in [5, 5.41) is 5.44. The molecule has 0 saturated carbocycles. The molecule has 0 bridgehead atoms. The number of likely N-dealkylation sites (tertiary alicyclic amines) is 1. The molecular formula is C23H27N7O4. The van der Waals surface area contributed by atoms with Crippen LogP contribution in [0.2, 0.25) is 0 Å². The van der Waals surface area contributed by atoms with Gasteiger partial charge in [0.15, 0.2) is 11.2 Å². The lowest BCUT2D eigenvalue weighted by atomic mass is 10.2. The van der Waals surface area contributed by atoms with Gasteiger partial charge in [-0.25, -0.2) is 9.97 Å². The molecule has 1 fully saturated rings. The monoisotopic (exact) mass is 465 g/mol. The molecule has 0 spiro atoms. The van der Waals surface area contributed by atoms with Gasteiger partial charge in [0.1, 0.15) is 6.33 Å². The van der Waals surface area contributed by atoms with Gasteiger partial charge in [-0.3, -0.25) is 23.7 Å². The van der Waals surface area contributed by atoms with Crippen LogP contribution < -0.4 is 16.2 Å². The van der Waals surface area contributed by atoms with Gasteiger partial charge in [-0.1, -0.05) is 30.3 Å². The van der Waals surface area contributed by atoms with Gasteiger partial charge in [-0.05, 0) is 12.0 Å². The SMILES string of the molecule is O=C(CCn1cnc2c(=O)n(Cc3ccccc3)cnc21)NCCNC(=O)CN1CCCC1=O. The summed E-state index contributed by atoms with van der Waals surface area (Å²) < 4.78 is 3.19. The summed E-state index contributed by atoms with van der Waals surface area (Å²) in [6.45, 7) is 1.96. The van der Waals surface area contributed by atoms with Crippen LogP contribution in [0.3, 0.4) is 0 Å². The van der Waals surface area contributed by atoms with E-state index in [1.165, 1.54) is 22.1 Å². The molecule has 2 aromatic heterocycles. The van der Waals surface area contributed by atoms with Crippen LogP contribution in [0.15, 0.2) is 47.8 Å². The third-order valence-electron chi connectivity index (χ3n) is 5.64. The van der Waals surface area contributed by atoms with Crippen molar-refractivity contribution in [3.8, 4) is 0 Å². The summed E-state index contributed by atoms with van der Waals surface area (Å²) in [7, 11) is 0. The first-order valence-corrected chi connectivity index (χ1v) is 11.3. The number of carbonyl (C=O) groups excluding carboxylic acids is 3. The van der Waals surface area contributed by atoms with Crippen LogP contribution >= 0.6 is 0 Å². The third kappa shape index (κ3) is 5.66. The Morgan fingerprint density at radius 1 is 0.941 bits per heavy atom. The van der Waals surface area contributed by atoms with E-state index in [0.29, 0.717) is 31.7 Å². The van der Waals surface area contributed by atoms with Gasteiger partial charge in [0.05, 0.1) is 19.4 Å². The Morgan fingerprint density at radius 3 is 2.41 bits per heavy atom. The van der Waals surface area contributed by atoms with Crippen LogP contribution in [0.25, 0.3) is 11.2 Å². The summed E-state index contributed by atoms with van der Waals surface area (Å²) >= 11 is 0. The van der Waals surface area contributed by atoms with Crippen LogP contribution in [-0.2, 0) is 27.5 Å². The molecule has 4 rings (SSSR count). The average Bonchev–Trinajstić information content (AvgIpc) is 3.44. The van der Waals surface area contributed by atoms with Crippen molar-refractivity contribution in [3.63, 3.8) is 0 Å². The fourth-order valence-corrected chi connectivity index (χ4v) is 3.85. The van der Waals surface area contributed by atoms with Gasteiger partial charge in [-0.15, -0.1) is 0 Å². The molecule has 1 aliphatic rings. The zero-order valence-corrected chi connectivity index (χ0v) is 18.8. The fraction of sp³-hybridized carbons (Fsp3) is 0.391. The first-order valence-electron chi connectivity index (χ1n) is 11.3. The van der Waals surface area contributed by atoms with Gasteiger partial charge < -0.3 is 20.1 Å². The van der Waals surface area contributed by atoms with Gasteiger partial charge in [-0.2, -0.15) is 0 Å². The second kappa shape index (κ2) is 10.7. The largest absolute Gasteiger partial charge is 0.354 e. The number of hydrogen-bond donors (Lipinski definition) is 2. The van der Waals surface area contributed by atoms with E-state index in [4.69, 9.17) is 0 Å². The predicted octanol–water partition coefficient (Wildman–Crippen LogP) is -0.114. The van der Waals surface area contributed by atoms with Gasteiger partial charge >= 0.3 is 0 Å². The van der Waals surface area contributed by atoms with Crippen LogP contribution in [0.5, 0.6) is 0 Å². The molecule has 2 N–H and O–H groups in total. The average molecular weight is 466 g/mol. The number of nitrogens with zero attached hydrogens (tertiary/aromatic N) is 5. The van der Waals surface area contributed by atoms with Crippen molar-refractivity contribution in [2.45, 2.75) is 32.4 Å². The number of carbonyl (C=O) groups is 3. The third-order valence-corrected chi connectivity index (χ3v) is 5.64. The van der Waals surface area contributed by atoms with E-state index in [0.717, 1.165) is 12.0 Å². The Labute approximate surface area is 195 Å². The number of aryl methyl sites for hydroxylation is 1. The number of benzene rings is 1. The highest BCUT2D eigenvalue weighted by atomic mass is 16.2. The van der Waals surface area contributed by atoms with Crippen LogP contribution in [0.1, 0.15) is 24.8 Å². The number of rotatable bonds is 10. The molecule has 11 heteroatoms. The second-order valence-corrected chi connectivity index (χ2v) is 8.14. The summed E-state index contributed by atoms with van der Waals surface area (Å²) in [6.07, 6.45) is 4.46. The quantitative estimate of drug-likeness (QED) is 0.402. The van der Waals surface area contributed by atoms with Crippen molar-refractivity contribution in [1.29, 1.82) is 0 Å². The second-order valence-electron chi connectivity index (χ2n) is 8.14. The Kier molecular flexibility index (Phi) is 7.31. The Bertz CT molecular complexity index is 1240. The van der Waals surface area contributed by atoms with Crippen molar-refractivity contribution < 1.29 is 14.4 Å². The lowest BCUT2D eigenvalue weighted by Crippen LogP contribution is -2.41. The van der Waals surface area contributed by atoms with E-state index in [2.05, 4.69) is 20.6 Å². The summed E-state index contributed by atoms with van der Waals surface area (Å²) in [4.78, 5) is 58.5. The number of imidazole rings is 1. The Morgan fingerprint density at radius 2 is 1.68 bits per heavy atom. The van der Waals surface area contributed by atoms with Crippen molar-refractivity contribution in [1.82, 2.24) is 34.6 Å². The van der Waals surface area contributed by atoms with Crippen molar-refractivity contribution in [3.05, 3.63) is 58.9 Å². The summed E-state index contributed by atoms with van der Waals surface area (Å²) in [5.74, 6) is -0.429. The summed E-state index contributed by atoms with van der Waals surface area (Å²) in [6, 6.07) is 9.62. The Hall–Kier alpha value is -4.02. The molecule has 1 aliphatic heterocycles.